The second kappa shape index (κ2) is 6.41. The number of anilines is 2. The highest BCUT2D eigenvalue weighted by molar-refractivity contribution is 6.30. The zero-order chi connectivity index (χ0) is 17.4. The summed E-state index contributed by atoms with van der Waals surface area (Å²) in [6.07, 6.45) is 3.21. The molecule has 0 radical (unpaired) electrons. The van der Waals surface area contributed by atoms with E-state index in [4.69, 9.17) is 22.3 Å². The van der Waals surface area contributed by atoms with E-state index in [2.05, 4.69) is 17.4 Å². The van der Waals surface area contributed by atoms with Crippen LogP contribution in [0.2, 0.25) is 5.02 Å². The maximum absolute atomic E-state index is 6.31. The van der Waals surface area contributed by atoms with Crippen molar-refractivity contribution in [3.05, 3.63) is 64.8 Å². The molecule has 0 atom stereocenters. The zero-order valence-corrected chi connectivity index (χ0v) is 14.9. The van der Waals surface area contributed by atoms with Gasteiger partial charge >= 0.3 is 0 Å². The molecule has 0 saturated heterocycles. The lowest BCUT2D eigenvalue weighted by Gasteiger charge is -2.15. The number of aryl methyl sites for hydroxylation is 1. The van der Waals surface area contributed by atoms with Gasteiger partial charge < -0.3 is 11.1 Å². The van der Waals surface area contributed by atoms with E-state index in [1.165, 1.54) is 16.8 Å². The average molecular weight is 350 g/mol. The monoisotopic (exact) mass is 349 g/mol. The Bertz CT molecular complexity index is 950. The lowest BCUT2D eigenvalue weighted by molar-refractivity contribution is 0.900. The minimum atomic E-state index is 0.720. The molecule has 0 unspecified atom stereocenters. The van der Waals surface area contributed by atoms with Gasteiger partial charge in [-0.2, -0.15) is 0 Å². The van der Waals surface area contributed by atoms with Crippen molar-refractivity contribution >= 4 is 23.0 Å². The predicted octanol–water partition coefficient (Wildman–Crippen LogP) is 5.18. The van der Waals surface area contributed by atoms with E-state index in [0.717, 1.165) is 52.5 Å². The molecule has 1 heterocycles. The summed E-state index contributed by atoms with van der Waals surface area (Å²) in [6, 6.07) is 16.1. The van der Waals surface area contributed by atoms with Crippen LogP contribution < -0.4 is 11.1 Å². The topological polar surface area (TPSA) is 50.9 Å². The van der Waals surface area contributed by atoms with Gasteiger partial charge in [0.05, 0.1) is 5.69 Å². The van der Waals surface area contributed by atoms with Gasteiger partial charge in [0, 0.05) is 40.3 Å². The first kappa shape index (κ1) is 16.0. The van der Waals surface area contributed by atoms with Crippen LogP contribution in [-0.4, -0.2) is 12.0 Å². The lowest BCUT2D eigenvalue weighted by atomic mass is 9.95. The van der Waals surface area contributed by atoms with Crippen molar-refractivity contribution in [3.8, 4) is 22.4 Å². The smallest absolute Gasteiger partial charge is 0.0712 e. The maximum atomic E-state index is 6.31. The molecule has 0 saturated carbocycles. The standard InChI is InChI=1S/C21H20ClN3/c1-24-15-8-9-19(23)18(11-15)17-12-21(13-4-2-5-14(22)10-13)25-20-7-3-6-16(17)20/h2,4-5,8-12,24H,3,6-7,23H2,1H3. The largest absolute Gasteiger partial charge is 0.398 e. The van der Waals surface area contributed by atoms with Crippen LogP contribution in [0.15, 0.2) is 48.5 Å². The number of aromatic nitrogens is 1. The van der Waals surface area contributed by atoms with E-state index in [0.29, 0.717) is 0 Å². The molecular weight excluding hydrogens is 330 g/mol. The van der Waals surface area contributed by atoms with Gasteiger partial charge in [-0.1, -0.05) is 23.7 Å². The third-order valence-electron chi connectivity index (χ3n) is 4.80. The van der Waals surface area contributed by atoms with E-state index in [9.17, 15) is 0 Å². The van der Waals surface area contributed by atoms with Gasteiger partial charge in [-0.25, -0.2) is 0 Å². The summed E-state index contributed by atoms with van der Waals surface area (Å²) in [5.74, 6) is 0. The van der Waals surface area contributed by atoms with E-state index >= 15 is 0 Å². The predicted molar refractivity (Wildman–Crippen MR) is 106 cm³/mol. The highest BCUT2D eigenvalue weighted by atomic mass is 35.5. The molecule has 4 rings (SSSR count). The zero-order valence-electron chi connectivity index (χ0n) is 14.1. The Labute approximate surface area is 152 Å². The van der Waals surface area contributed by atoms with Gasteiger partial charge in [-0.15, -0.1) is 0 Å². The van der Waals surface area contributed by atoms with Crippen LogP contribution in [0.25, 0.3) is 22.4 Å². The molecule has 4 heteroatoms. The van der Waals surface area contributed by atoms with Crippen LogP contribution in [0.5, 0.6) is 0 Å². The fraction of sp³-hybridized carbons (Fsp3) is 0.190. The number of hydrogen-bond acceptors (Lipinski definition) is 3. The SMILES string of the molecule is CNc1ccc(N)c(-c2cc(-c3cccc(Cl)c3)nc3c2CCC3)c1. The van der Waals surface area contributed by atoms with Crippen LogP contribution in [0.1, 0.15) is 17.7 Å². The minimum absolute atomic E-state index is 0.720. The molecule has 0 amide bonds. The van der Waals surface area contributed by atoms with Crippen molar-refractivity contribution < 1.29 is 0 Å². The van der Waals surface area contributed by atoms with Gasteiger partial charge in [0.25, 0.3) is 0 Å². The fourth-order valence-corrected chi connectivity index (χ4v) is 3.71. The molecular formula is C21H20ClN3. The van der Waals surface area contributed by atoms with Crippen LogP contribution in [0.4, 0.5) is 11.4 Å². The first-order valence-electron chi connectivity index (χ1n) is 8.52. The maximum Gasteiger partial charge on any atom is 0.0712 e. The Hall–Kier alpha value is -2.52. The Morgan fingerprint density at radius 1 is 1.04 bits per heavy atom. The molecule has 1 aromatic heterocycles. The number of nitrogens with one attached hydrogen (secondary N) is 1. The molecule has 0 bridgehead atoms. The second-order valence-electron chi connectivity index (χ2n) is 6.40. The lowest BCUT2D eigenvalue weighted by Crippen LogP contribution is -1.99. The number of rotatable bonds is 3. The molecule has 3 nitrogen and oxygen atoms in total. The molecule has 0 aliphatic heterocycles. The van der Waals surface area contributed by atoms with Gasteiger partial charge in [0.2, 0.25) is 0 Å². The number of nitrogens with two attached hydrogens (primary N) is 1. The van der Waals surface area contributed by atoms with Gasteiger partial charge in [0.1, 0.15) is 0 Å². The molecule has 1 aliphatic rings. The second-order valence-corrected chi connectivity index (χ2v) is 6.83. The highest BCUT2D eigenvalue weighted by Gasteiger charge is 2.20. The molecule has 0 fully saturated rings. The minimum Gasteiger partial charge on any atom is -0.398 e. The quantitative estimate of drug-likeness (QED) is 0.640. The van der Waals surface area contributed by atoms with Crippen molar-refractivity contribution in [2.45, 2.75) is 19.3 Å². The van der Waals surface area contributed by atoms with E-state index in [1.54, 1.807) is 0 Å². The van der Waals surface area contributed by atoms with Gasteiger partial charge in [0.15, 0.2) is 0 Å². The van der Waals surface area contributed by atoms with Crippen molar-refractivity contribution in [2.24, 2.45) is 0 Å². The summed E-state index contributed by atoms with van der Waals surface area (Å²) in [4.78, 5) is 4.91. The summed E-state index contributed by atoms with van der Waals surface area (Å²) >= 11 is 6.18. The van der Waals surface area contributed by atoms with E-state index in [1.807, 2.05) is 43.4 Å². The normalized spacial score (nSPS) is 12.9. The van der Waals surface area contributed by atoms with Crippen molar-refractivity contribution in [2.75, 3.05) is 18.1 Å². The molecule has 25 heavy (non-hydrogen) atoms. The third kappa shape index (κ3) is 2.96. The number of hydrogen-bond donors (Lipinski definition) is 2. The van der Waals surface area contributed by atoms with Crippen LogP contribution in [0, 0.1) is 0 Å². The molecule has 126 valence electrons. The number of fused-ring (bicyclic) bond motifs is 1. The van der Waals surface area contributed by atoms with Crippen LogP contribution >= 0.6 is 11.6 Å². The molecule has 3 N–H and O–H groups in total. The Balaban J connectivity index is 1.94. The van der Waals surface area contributed by atoms with Crippen molar-refractivity contribution in [1.82, 2.24) is 4.98 Å². The van der Waals surface area contributed by atoms with E-state index < -0.39 is 0 Å². The fourth-order valence-electron chi connectivity index (χ4n) is 3.52. The Kier molecular flexibility index (Phi) is 4.10. The molecule has 2 aromatic carbocycles. The molecule has 1 aliphatic carbocycles. The summed E-state index contributed by atoms with van der Waals surface area (Å²) in [6.45, 7) is 0. The van der Waals surface area contributed by atoms with Crippen molar-refractivity contribution in [3.63, 3.8) is 0 Å². The number of halogens is 1. The van der Waals surface area contributed by atoms with Crippen LogP contribution in [-0.2, 0) is 12.8 Å². The summed E-state index contributed by atoms with van der Waals surface area (Å²) in [5, 5.41) is 3.92. The molecule has 0 spiro atoms. The first-order chi connectivity index (χ1) is 12.2. The van der Waals surface area contributed by atoms with Crippen LogP contribution in [0.3, 0.4) is 0 Å². The summed E-state index contributed by atoms with van der Waals surface area (Å²) in [5.41, 5.74) is 14.9. The first-order valence-corrected chi connectivity index (χ1v) is 8.90. The number of nitrogens with zero attached hydrogens (tertiary/aromatic N) is 1. The number of pyridine rings is 1. The van der Waals surface area contributed by atoms with E-state index in [-0.39, 0.29) is 0 Å². The number of benzene rings is 2. The molecule has 3 aromatic rings. The Morgan fingerprint density at radius 2 is 1.92 bits per heavy atom. The average Bonchev–Trinajstić information content (AvgIpc) is 3.10. The van der Waals surface area contributed by atoms with Crippen molar-refractivity contribution in [1.29, 1.82) is 0 Å². The van der Waals surface area contributed by atoms with Gasteiger partial charge in [-0.3, -0.25) is 4.98 Å². The van der Waals surface area contributed by atoms with Gasteiger partial charge in [-0.05, 0) is 66.8 Å². The summed E-state index contributed by atoms with van der Waals surface area (Å²) < 4.78 is 0. The Morgan fingerprint density at radius 3 is 2.72 bits per heavy atom. The summed E-state index contributed by atoms with van der Waals surface area (Å²) in [7, 11) is 1.92. The third-order valence-corrected chi connectivity index (χ3v) is 5.04. The highest BCUT2D eigenvalue weighted by Crippen LogP contribution is 2.38. The number of nitrogen functional groups attached to an aromatic ring is 1.